The molecule has 2 aliphatic rings. The third kappa shape index (κ3) is 5.12. The van der Waals surface area contributed by atoms with E-state index < -0.39 is 47.1 Å². The van der Waals surface area contributed by atoms with Crippen molar-refractivity contribution in [1.29, 1.82) is 0 Å². The van der Waals surface area contributed by atoms with E-state index in [0.717, 1.165) is 0 Å². The molecule has 0 N–H and O–H groups in total. The fraction of sp³-hybridized carbons (Fsp3) is 0.647. The van der Waals surface area contributed by atoms with Gasteiger partial charge in [0, 0.05) is 27.1 Å². The average Bonchev–Trinajstić information content (AvgIpc) is 3.10. The molecule has 28 heavy (non-hydrogen) atoms. The molecule has 0 saturated carbocycles. The van der Waals surface area contributed by atoms with Crippen molar-refractivity contribution < 1.29 is 44.6 Å². The summed E-state index contributed by atoms with van der Waals surface area (Å²) in [6, 6.07) is 0. The molecule has 0 aromatic heterocycles. The van der Waals surface area contributed by atoms with E-state index in [1.54, 1.807) is 6.92 Å². The SMILES string of the molecule is CC(CC(=O)ON1C(=O)CCC1=O)OCC(C)(C)C(=O)ON1C(=O)CCC1=O.[HH]. The first-order chi connectivity index (χ1) is 13.0. The Bertz CT molecular complexity index is 690. The smallest absolute Gasteiger partial charge is 0.341 e. The van der Waals surface area contributed by atoms with Crippen LogP contribution in [0.5, 0.6) is 0 Å². The van der Waals surface area contributed by atoms with Crippen LogP contribution >= 0.6 is 0 Å². The van der Waals surface area contributed by atoms with Gasteiger partial charge >= 0.3 is 11.9 Å². The second-order valence-electron chi connectivity index (χ2n) is 7.22. The van der Waals surface area contributed by atoms with E-state index in [9.17, 15) is 28.8 Å². The standard InChI is InChI=1S/C17H22N2O9.H2/c1-10(8-15(24)27-18-11(20)4-5-12(18)21)26-9-17(2,3)16(25)28-19-13(22)6-7-14(19)23;/h10H,4-9H2,1-3H3;1H. The Morgan fingerprint density at radius 2 is 1.36 bits per heavy atom. The highest BCUT2D eigenvalue weighted by atomic mass is 16.7. The molecular formula is C17H24N2O9. The number of hydrogen-bond donors (Lipinski definition) is 0. The Morgan fingerprint density at radius 1 is 0.929 bits per heavy atom. The summed E-state index contributed by atoms with van der Waals surface area (Å²) in [7, 11) is 0. The van der Waals surface area contributed by atoms with Gasteiger partial charge in [-0.05, 0) is 20.8 Å². The predicted molar refractivity (Wildman–Crippen MR) is 90.3 cm³/mol. The molecule has 2 fully saturated rings. The summed E-state index contributed by atoms with van der Waals surface area (Å²) < 4.78 is 5.46. The van der Waals surface area contributed by atoms with Gasteiger partial charge in [-0.25, -0.2) is 9.59 Å². The maximum Gasteiger partial charge on any atom is 0.341 e. The molecule has 1 atom stereocenters. The minimum Gasteiger partial charge on any atom is -0.377 e. The highest BCUT2D eigenvalue weighted by Crippen LogP contribution is 2.22. The van der Waals surface area contributed by atoms with Gasteiger partial charge in [0.2, 0.25) is 0 Å². The van der Waals surface area contributed by atoms with E-state index in [-0.39, 0.29) is 40.1 Å². The second kappa shape index (κ2) is 8.46. The Hall–Kier alpha value is -2.82. The number of hydrogen-bond acceptors (Lipinski definition) is 9. The maximum atomic E-state index is 12.2. The maximum absolute atomic E-state index is 12.2. The van der Waals surface area contributed by atoms with Crippen molar-refractivity contribution in [3.63, 3.8) is 0 Å². The van der Waals surface area contributed by atoms with Crippen molar-refractivity contribution in [1.82, 2.24) is 10.1 Å². The number of ether oxygens (including phenoxy) is 1. The summed E-state index contributed by atoms with van der Waals surface area (Å²) >= 11 is 0. The van der Waals surface area contributed by atoms with Gasteiger partial charge in [-0.3, -0.25) is 19.2 Å². The van der Waals surface area contributed by atoms with Crippen molar-refractivity contribution >= 4 is 35.6 Å². The van der Waals surface area contributed by atoms with E-state index in [4.69, 9.17) is 14.4 Å². The average molecular weight is 400 g/mol. The minimum absolute atomic E-state index is 0. The summed E-state index contributed by atoms with van der Waals surface area (Å²) in [5.74, 6) is -4.00. The van der Waals surface area contributed by atoms with E-state index in [2.05, 4.69) is 0 Å². The Morgan fingerprint density at radius 3 is 1.82 bits per heavy atom. The van der Waals surface area contributed by atoms with Crippen LogP contribution in [0.2, 0.25) is 0 Å². The fourth-order valence-corrected chi connectivity index (χ4v) is 2.36. The molecule has 1 unspecified atom stereocenters. The van der Waals surface area contributed by atoms with E-state index in [1.165, 1.54) is 13.8 Å². The van der Waals surface area contributed by atoms with Crippen molar-refractivity contribution in [2.45, 2.75) is 59.0 Å². The van der Waals surface area contributed by atoms with Gasteiger partial charge in [-0.2, -0.15) is 0 Å². The predicted octanol–water partition coefficient (Wildman–Crippen LogP) is 0.268. The zero-order valence-corrected chi connectivity index (χ0v) is 15.9. The number of amides is 4. The van der Waals surface area contributed by atoms with Gasteiger partial charge in [-0.1, -0.05) is 0 Å². The van der Waals surface area contributed by atoms with Crippen LogP contribution in [0, 0.1) is 5.41 Å². The number of rotatable bonds is 8. The fourth-order valence-electron chi connectivity index (χ4n) is 2.36. The van der Waals surface area contributed by atoms with Crippen LogP contribution in [-0.4, -0.2) is 58.4 Å². The van der Waals surface area contributed by atoms with Crippen LogP contribution in [0.15, 0.2) is 0 Å². The lowest BCUT2D eigenvalue weighted by molar-refractivity contribution is -0.207. The van der Waals surface area contributed by atoms with Crippen LogP contribution in [0.25, 0.3) is 0 Å². The number of hydroxylamine groups is 4. The molecule has 11 nitrogen and oxygen atoms in total. The monoisotopic (exact) mass is 400 g/mol. The van der Waals surface area contributed by atoms with Gasteiger partial charge in [0.1, 0.15) is 0 Å². The van der Waals surface area contributed by atoms with Gasteiger partial charge in [-0.15, -0.1) is 10.1 Å². The van der Waals surface area contributed by atoms with Crippen LogP contribution in [0.4, 0.5) is 0 Å². The van der Waals surface area contributed by atoms with Gasteiger partial charge in [0.15, 0.2) is 0 Å². The van der Waals surface area contributed by atoms with E-state index >= 15 is 0 Å². The molecule has 4 amide bonds. The number of carbonyl (C=O) groups excluding carboxylic acids is 6. The van der Waals surface area contributed by atoms with Crippen LogP contribution in [0.1, 0.15) is 54.3 Å². The summed E-state index contributed by atoms with van der Waals surface area (Å²) in [6.07, 6.45) is -0.977. The third-order valence-electron chi connectivity index (χ3n) is 4.11. The third-order valence-corrected chi connectivity index (χ3v) is 4.11. The molecule has 2 aliphatic heterocycles. The van der Waals surface area contributed by atoms with Crippen molar-refractivity contribution in [3.8, 4) is 0 Å². The molecule has 2 saturated heterocycles. The quantitative estimate of drug-likeness (QED) is 0.526. The van der Waals surface area contributed by atoms with Crippen molar-refractivity contribution in [3.05, 3.63) is 0 Å². The van der Waals surface area contributed by atoms with Crippen LogP contribution in [-0.2, 0) is 43.2 Å². The molecule has 0 aliphatic carbocycles. The Balaban J connectivity index is 0.00000420. The first-order valence-corrected chi connectivity index (χ1v) is 8.77. The molecule has 0 aromatic rings. The highest BCUT2D eigenvalue weighted by Gasteiger charge is 2.39. The first kappa shape index (κ1) is 21.5. The molecule has 0 spiro atoms. The van der Waals surface area contributed by atoms with E-state index in [1.807, 2.05) is 0 Å². The summed E-state index contributed by atoms with van der Waals surface area (Å²) in [6.45, 7) is 4.36. The topological polar surface area (TPSA) is 137 Å². The summed E-state index contributed by atoms with van der Waals surface area (Å²) in [4.78, 5) is 79.5. The van der Waals surface area contributed by atoms with Gasteiger partial charge < -0.3 is 14.4 Å². The van der Waals surface area contributed by atoms with Gasteiger partial charge in [0.05, 0.1) is 24.5 Å². The summed E-state index contributed by atoms with van der Waals surface area (Å²) in [5, 5.41) is 0.898. The zero-order chi connectivity index (χ0) is 21.1. The second-order valence-corrected chi connectivity index (χ2v) is 7.22. The van der Waals surface area contributed by atoms with Gasteiger partial charge in [0.25, 0.3) is 23.6 Å². The molecule has 0 bridgehead atoms. The number of carbonyl (C=O) groups is 6. The van der Waals surface area contributed by atoms with E-state index in [0.29, 0.717) is 10.1 Å². The minimum atomic E-state index is -1.21. The normalized spacial score (nSPS) is 18.7. The van der Waals surface area contributed by atoms with Crippen LogP contribution < -0.4 is 0 Å². The Labute approximate surface area is 162 Å². The van der Waals surface area contributed by atoms with Crippen molar-refractivity contribution in [2.75, 3.05) is 6.61 Å². The number of nitrogens with zero attached hydrogens (tertiary/aromatic N) is 2. The largest absolute Gasteiger partial charge is 0.377 e. The molecule has 156 valence electrons. The zero-order valence-electron chi connectivity index (χ0n) is 15.9. The van der Waals surface area contributed by atoms with Crippen LogP contribution in [0.3, 0.4) is 0 Å². The lowest BCUT2D eigenvalue weighted by Gasteiger charge is -2.25. The molecule has 0 aromatic carbocycles. The lowest BCUT2D eigenvalue weighted by atomic mass is 9.95. The molecular weight excluding hydrogens is 376 g/mol. The summed E-state index contributed by atoms with van der Waals surface area (Å²) in [5.41, 5.74) is -1.21. The highest BCUT2D eigenvalue weighted by molar-refractivity contribution is 6.02. The molecule has 2 heterocycles. The first-order valence-electron chi connectivity index (χ1n) is 8.77. The molecule has 11 heteroatoms. The Kier molecular flexibility index (Phi) is 6.49. The number of imide groups is 2. The molecule has 0 radical (unpaired) electrons. The molecule has 2 rings (SSSR count). The lowest BCUT2D eigenvalue weighted by Crippen LogP contribution is -2.40. The van der Waals surface area contributed by atoms with Crippen molar-refractivity contribution in [2.24, 2.45) is 5.41 Å².